The van der Waals surface area contributed by atoms with E-state index in [2.05, 4.69) is 39.1 Å². The quantitative estimate of drug-likeness (QED) is 0.897. The molecule has 1 aromatic rings. The summed E-state index contributed by atoms with van der Waals surface area (Å²) < 4.78 is 5.88. The van der Waals surface area contributed by atoms with E-state index in [9.17, 15) is 4.79 Å². The van der Waals surface area contributed by atoms with Gasteiger partial charge < -0.3 is 15.8 Å². The molecule has 1 amide bonds. The maximum absolute atomic E-state index is 11.8. The number of nitrogens with two attached hydrogens (primary N) is 1. The minimum absolute atomic E-state index is 0.00606. The van der Waals surface area contributed by atoms with Crippen molar-refractivity contribution >= 4 is 5.91 Å². The molecule has 1 aromatic carbocycles. The molecule has 2 atom stereocenters. The van der Waals surface area contributed by atoms with E-state index in [1.165, 1.54) is 5.56 Å². The topological polar surface area (TPSA) is 64.3 Å². The second-order valence-corrected chi connectivity index (χ2v) is 6.51. The van der Waals surface area contributed by atoms with E-state index in [0.717, 1.165) is 28.9 Å². The number of amides is 1. The van der Waals surface area contributed by atoms with Gasteiger partial charge in [0, 0.05) is 24.4 Å². The zero-order valence-corrected chi connectivity index (χ0v) is 14.3. The van der Waals surface area contributed by atoms with Gasteiger partial charge >= 0.3 is 0 Å². The van der Waals surface area contributed by atoms with E-state index < -0.39 is 0 Å². The molecule has 1 aliphatic heterocycles. The van der Waals surface area contributed by atoms with Gasteiger partial charge in [-0.15, -0.1) is 0 Å². The minimum atomic E-state index is -0.00606. The van der Waals surface area contributed by atoms with E-state index in [-0.39, 0.29) is 18.0 Å². The third-order valence-electron chi connectivity index (χ3n) is 4.67. The Kier molecular flexibility index (Phi) is 5.12. The van der Waals surface area contributed by atoms with Gasteiger partial charge in [-0.25, -0.2) is 0 Å². The van der Waals surface area contributed by atoms with Crippen LogP contribution in [-0.4, -0.2) is 12.5 Å². The van der Waals surface area contributed by atoms with E-state index in [1.54, 1.807) is 0 Å². The number of hydrogen-bond acceptors (Lipinski definition) is 3. The lowest BCUT2D eigenvalue weighted by Gasteiger charge is -2.31. The molecule has 0 saturated carbocycles. The Morgan fingerprint density at radius 2 is 2.09 bits per heavy atom. The van der Waals surface area contributed by atoms with Crippen molar-refractivity contribution < 1.29 is 9.53 Å². The molecule has 4 heteroatoms. The predicted molar refractivity (Wildman–Crippen MR) is 89.0 cm³/mol. The molecular formula is C18H28N2O2. The molecule has 0 aromatic heterocycles. The van der Waals surface area contributed by atoms with Crippen LogP contribution in [0.25, 0.3) is 0 Å². The smallest absolute Gasteiger partial charge is 0.220 e. The van der Waals surface area contributed by atoms with Crippen molar-refractivity contribution in [1.29, 1.82) is 0 Å². The van der Waals surface area contributed by atoms with Crippen LogP contribution >= 0.6 is 0 Å². The molecule has 122 valence electrons. The van der Waals surface area contributed by atoms with Crippen LogP contribution in [0.15, 0.2) is 6.07 Å². The van der Waals surface area contributed by atoms with E-state index >= 15 is 0 Å². The highest BCUT2D eigenvalue weighted by molar-refractivity contribution is 5.76. The number of hydrogen-bond donors (Lipinski definition) is 2. The molecule has 22 heavy (non-hydrogen) atoms. The Balaban J connectivity index is 2.48. The number of benzene rings is 1. The number of ether oxygens (including phenoxy) is 1. The lowest BCUT2D eigenvalue weighted by Crippen LogP contribution is -2.32. The molecule has 2 unspecified atom stereocenters. The molecule has 2 rings (SSSR count). The van der Waals surface area contributed by atoms with Crippen molar-refractivity contribution in [2.24, 2.45) is 11.7 Å². The molecule has 0 aliphatic carbocycles. The third-order valence-corrected chi connectivity index (χ3v) is 4.67. The average molecular weight is 304 g/mol. The Morgan fingerprint density at radius 1 is 1.41 bits per heavy atom. The number of carbonyl (C=O) groups excluding carboxylic acids is 1. The van der Waals surface area contributed by atoms with Crippen LogP contribution in [0.1, 0.15) is 68.0 Å². The van der Waals surface area contributed by atoms with Gasteiger partial charge in [0.1, 0.15) is 5.75 Å². The summed E-state index contributed by atoms with van der Waals surface area (Å²) >= 11 is 0. The number of carbonyl (C=O) groups is 1. The van der Waals surface area contributed by atoms with Gasteiger partial charge in [0.25, 0.3) is 0 Å². The fourth-order valence-electron chi connectivity index (χ4n) is 2.98. The summed E-state index contributed by atoms with van der Waals surface area (Å²) in [5, 5.41) is 3.11. The lowest BCUT2D eigenvalue weighted by atomic mass is 9.86. The summed E-state index contributed by atoms with van der Waals surface area (Å²) in [6.45, 7) is 10.9. The standard InChI is InChI=1S/C18H28N2O2/c1-6-16(21)20-15-7-8-22-18-12(5)11(4)13(9-14(15)18)17(19)10(2)3/h9-10,15,17H,6-8,19H2,1-5H3,(H,20,21). The first-order chi connectivity index (χ1) is 10.4. The van der Waals surface area contributed by atoms with Gasteiger partial charge in [-0.05, 0) is 42.5 Å². The van der Waals surface area contributed by atoms with Crippen molar-refractivity contribution in [3.8, 4) is 5.75 Å². The van der Waals surface area contributed by atoms with Crippen molar-refractivity contribution in [2.45, 2.75) is 59.5 Å². The van der Waals surface area contributed by atoms with Crippen molar-refractivity contribution in [1.82, 2.24) is 5.32 Å². The van der Waals surface area contributed by atoms with Crippen LogP contribution in [0, 0.1) is 19.8 Å². The van der Waals surface area contributed by atoms with Gasteiger partial charge in [0.05, 0.1) is 12.6 Å². The number of fused-ring (bicyclic) bond motifs is 1. The third kappa shape index (κ3) is 3.12. The van der Waals surface area contributed by atoms with Gasteiger partial charge in [-0.2, -0.15) is 0 Å². The maximum Gasteiger partial charge on any atom is 0.220 e. The first kappa shape index (κ1) is 16.8. The molecule has 0 radical (unpaired) electrons. The average Bonchev–Trinajstić information content (AvgIpc) is 2.50. The Labute approximate surface area is 133 Å². The zero-order valence-electron chi connectivity index (χ0n) is 14.3. The maximum atomic E-state index is 11.8. The van der Waals surface area contributed by atoms with Gasteiger partial charge in [-0.1, -0.05) is 20.8 Å². The van der Waals surface area contributed by atoms with Crippen LogP contribution < -0.4 is 15.8 Å². The zero-order chi connectivity index (χ0) is 16.4. The fourth-order valence-corrected chi connectivity index (χ4v) is 2.98. The van der Waals surface area contributed by atoms with Crippen LogP contribution in [0.4, 0.5) is 0 Å². The SMILES string of the molecule is CCC(=O)NC1CCOc2c1cc(C(N)C(C)C)c(C)c2C. The number of nitrogens with one attached hydrogen (secondary N) is 1. The molecule has 0 bridgehead atoms. The number of rotatable bonds is 4. The fraction of sp³-hybridized carbons (Fsp3) is 0.611. The Morgan fingerprint density at radius 3 is 2.68 bits per heavy atom. The first-order valence-electron chi connectivity index (χ1n) is 8.18. The molecular weight excluding hydrogens is 276 g/mol. The second-order valence-electron chi connectivity index (χ2n) is 6.51. The van der Waals surface area contributed by atoms with Crippen LogP contribution in [0.5, 0.6) is 5.75 Å². The Bertz CT molecular complexity index is 567. The summed E-state index contributed by atoms with van der Waals surface area (Å²) in [6.07, 6.45) is 1.30. The highest BCUT2D eigenvalue weighted by Crippen LogP contribution is 2.40. The second kappa shape index (κ2) is 6.69. The molecule has 0 spiro atoms. The summed E-state index contributed by atoms with van der Waals surface area (Å²) in [5.41, 5.74) is 11.0. The van der Waals surface area contributed by atoms with E-state index in [4.69, 9.17) is 10.5 Å². The normalized spacial score (nSPS) is 18.6. The minimum Gasteiger partial charge on any atom is -0.493 e. The van der Waals surface area contributed by atoms with Gasteiger partial charge in [0.2, 0.25) is 5.91 Å². The summed E-state index contributed by atoms with van der Waals surface area (Å²) in [4.78, 5) is 11.8. The molecule has 4 nitrogen and oxygen atoms in total. The van der Waals surface area contributed by atoms with Crippen LogP contribution in [-0.2, 0) is 4.79 Å². The van der Waals surface area contributed by atoms with E-state index in [0.29, 0.717) is 18.9 Å². The van der Waals surface area contributed by atoms with Gasteiger partial charge in [0.15, 0.2) is 0 Å². The van der Waals surface area contributed by atoms with Crippen LogP contribution in [0.2, 0.25) is 0 Å². The van der Waals surface area contributed by atoms with Crippen molar-refractivity contribution in [2.75, 3.05) is 6.61 Å². The molecule has 3 N–H and O–H groups in total. The largest absolute Gasteiger partial charge is 0.493 e. The Hall–Kier alpha value is -1.55. The monoisotopic (exact) mass is 304 g/mol. The molecule has 0 saturated heterocycles. The molecule has 1 heterocycles. The van der Waals surface area contributed by atoms with Crippen LogP contribution in [0.3, 0.4) is 0 Å². The lowest BCUT2D eigenvalue weighted by molar-refractivity contribution is -0.121. The van der Waals surface area contributed by atoms with Gasteiger partial charge in [-0.3, -0.25) is 4.79 Å². The van der Waals surface area contributed by atoms with Crippen molar-refractivity contribution in [3.05, 3.63) is 28.3 Å². The summed E-state index contributed by atoms with van der Waals surface area (Å²) in [7, 11) is 0. The summed E-state index contributed by atoms with van der Waals surface area (Å²) in [5.74, 6) is 1.36. The predicted octanol–water partition coefficient (Wildman–Crippen LogP) is 3.31. The molecule has 0 fully saturated rings. The highest BCUT2D eigenvalue weighted by Gasteiger charge is 2.27. The highest BCUT2D eigenvalue weighted by atomic mass is 16.5. The molecule has 1 aliphatic rings. The first-order valence-corrected chi connectivity index (χ1v) is 8.18. The van der Waals surface area contributed by atoms with E-state index in [1.807, 2.05) is 6.92 Å². The summed E-state index contributed by atoms with van der Waals surface area (Å²) in [6, 6.07) is 2.16. The van der Waals surface area contributed by atoms with Crippen molar-refractivity contribution in [3.63, 3.8) is 0 Å².